The van der Waals surface area contributed by atoms with Crippen LogP contribution in [-0.2, 0) is 6.54 Å². The van der Waals surface area contributed by atoms with E-state index in [9.17, 15) is 14.3 Å². The zero-order valence-electron chi connectivity index (χ0n) is 16.1. The molecule has 1 aliphatic heterocycles. The lowest BCUT2D eigenvalue weighted by Crippen LogP contribution is -2.49. The minimum atomic E-state index is -1.10. The van der Waals surface area contributed by atoms with Crippen molar-refractivity contribution in [3.05, 3.63) is 65.0 Å². The van der Waals surface area contributed by atoms with Crippen LogP contribution in [0, 0.1) is 12.7 Å². The van der Waals surface area contributed by atoms with Gasteiger partial charge in [-0.1, -0.05) is 30.3 Å². The third-order valence-electron chi connectivity index (χ3n) is 5.55. The Hall–Kier alpha value is -2.40. The summed E-state index contributed by atoms with van der Waals surface area (Å²) in [4.78, 5) is 13.8. The first-order chi connectivity index (χ1) is 12.8. The van der Waals surface area contributed by atoms with Crippen LogP contribution in [0.25, 0.3) is 0 Å². The van der Waals surface area contributed by atoms with Gasteiger partial charge in [-0.25, -0.2) is 9.18 Å². The Morgan fingerprint density at radius 1 is 1.19 bits per heavy atom. The van der Waals surface area contributed by atoms with Gasteiger partial charge in [-0.15, -0.1) is 0 Å². The molecule has 27 heavy (non-hydrogen) atoms. The molecule has 1 fully saturated rings. The van der Waals surface area contributed by atoms with E-state index in [1.54, 1.807) is 6.92 Å². The molecule has 1 saturated heterocycles. The van der Waals surface area contributed by atoms with Gasteiger partial charge in [-0.3, -0.25) is 4.90 Å². The summed E-state index contributed by atoms with van der Waals surface area (Å²) in [6.07, 6.45) is 1.85. The molecule has 0 radical (unpaired) electrons. The highest BCUT2D eigenvalue weighted by Gasteiger charge is 2.31. The molecule has 2 aromatic rings. The monoisotopic (exact) mass is 370 g/mol. The summed E-state index contributed by atoms with van der Waals surface area (Å²) in [6.45, 7) is 7.07. The van der Waals surface area contributed by atoms with Gasteiger partial charge in [0, 0.05) is 30.4 Å². The topological polar surface area (TPSA) is 52.6 Å². The predicted molar refractivity (Wildman–Crippen MR) is 106 cm³/mol. The molecule has 3 rings (SSSR count). The molecule has 144 valence electrons. The van der Waals surface area contributed by atoms with E-state index in [1.165, 1.54) is 11.6 Å². The van der Waals surface area contributed by atoms with Gasteiger partial charge >= 0.3 is 5.97 Å². The lowest BCUT2D eigenvalue weighted by atomic mass is 9.91. The molecular formula is C22H27FN2O2. The fourth-order valence-electron chi connectivity index (χ4n) is 4.12. The molecule has 2 unspecified atom stereocenters. The first-order valence-corrected chi connectivity index (χ1v) is 9.44. The summed E-state index contributed by atoms with van der Waals surface area (Å²) in [5.41, 5.74) is 2.47. The number of nitrogens with one attached hydrogen (secondary N) is 1. The number of anilines is 1. The standard InChI is InChI=1S/C22H27FN2O2/c1-14-9-19(10-15(2)25(14)13-17-7-5-4-6-8-17)24-21-12-18(23)11-20(16(21)3)22(26)27/h4-8,11-12,14-15,19,24H,9-10,13H2,1-3H3,(H,26,27). The molecule has 2 aromatic carbocycles. The predicted octanol–water partition coefficient (Wildman–Crippen LogP) is 4.69. The Morgan fingerprint density at radius 3 is 2.41 bits per heavy atom. The Balaban J connectivity index is 1.71. The molecule has 0 amide bonds. The van der Waals surface area contributed by atoms with Crippen LogP contribution in [0.15, 0.2) is 42.5 Å². The lowest BCUT2D eigenvalue weighted by molar-refractivity contribution is 0.0695. The summed E-state index contributed by atoms with van der Waals surface area (Å²) >= 11 is 0. The van der Waals surface area contributed by atoms with Crippen molar-refractivity contribution in [3.8, 4) is 0 Å². The van der Waals surface area contributed by atoms with Gasteiger partial charge in [0.2, 0.25) is 0 Å². The van der Waals surface area contributed by atoms with Crippen LogP contribution in [0.3, 0.4) is 0 Å². The zero-order valence-corrected chi connectivity index (χ0v) is 16.1. The van der Waals surface area contributed by atoms with Crippen LogP contribution in [-0.4, -0.2) is 34.1 Å². The molecule has 0 spiro atoms. The molecule has 5 heteroatoms. The molecule has 4 nitrogen and oxygen atoms in total. The summed E-state index contributed by atoms with van der Waals surface area (Å²) < 4.78 is 13.9. The van der Waals surface area contributed by atoms with Crippen molar-refractivity contribution in [1.29, 1.82) is 0 Å². The van der Waals surface area contributed by atoms with E-state index in [0.717, 1.165) is 25.5 Å². The van der Waals surface area contributed by atoms with Gasteiger partial charge < -0.3 is 10.4 Å². The molecular weight excluding hydrogens is 343 g/mol. The molecule has 2 N–H and O–H groups in total. The van der Waals surface area contributed by atoms with E-state index < -0.39 is 11.8 Å². The van der Waals surface area contributed by atoms with E-state index in [0.29, 0.717) is 23.3 Å². The number of hydrogen-bond acceptors (Lipinski definition) is 3. The van der Waals surface area contributed by atoms with Crippen molar-refractivity contribution in [2.45, 2.75) is 58.3 Å². The second kappa shape index (κ2) is 8.09. The lowest BCUT2D eigenvalue weighted by Gasteiger charge is -2.43. The largest absolute Gasteiger partial charge is 0.478 e. The van der Waals surface area contributed by atoms with Gasteiger partial charge in [0.15, 0.2) is 0 Å². The van der Waals surface area contributed by atoms with Crippen molar-refractivity contribution in [1.82, 2.24) is 4.90 Å². The Kier molecular flexibility index (Phi) is 5.80. The normalized spacial score (nSPS) is 23.2. The summed E-state index contributed by atoms with van der Waals surface area (Å²) in [5.74, 6) is -1.63. The smallest absolute Gasteiger partial charge is 0.336 e. The third-order valence-corrected chi connectivity index (χ3v) is 5.55. The number of rotatable bonds is 5. The number of carbonyl (C=O) groups is 1. The van der Waals surface area contributed by atoms with E-state index in [2.05, 4.69) is 48.3 Å². The maximum absolute atomic E-state index is 13.9. The average molecular weight is 370 g/mol. The van der Waals surface area contributed by atoms with Gasteiger partial charge in [-0.05, 0) is 56.9 Å². The molecule has 1 aliphatic rings. The number of nitrogens with zero attached hydrogens (tertiary/aromatic N) is 1. The quantitative estimate of drug-likeness (QED) is 0.802. The van der Waals surface area contributed by atoms with Crippen molar-refractivity contribution < 1.29 is 14.3 Å². The molecule has 1 heterocycles. The number of aromatic carboxylic acids is 1. The first kappa shape index (κ1) is 19.4. The van der Waals surface area contributed by atoms with Gasteiger partial charge in [0.05, 0.1) is 5.56 Å². The van der Waals surface area contributed by atoms with Crippen LogP contribution in [0.1, 0.15) is 48.2 Å². The number of halogens is 1. The third kappa shape index (κ3) is 4.48. The zero-order chi connectivity index (χ0) is 19.6. The van der Waals surface area contributed by atoms with Crippen LogP contribution in [0.5, 0.6) is 0 Å². The molecule has 0 saturated carbocycles. The number of benzene rings is 2. The maximum Gasteiger partial charge on any atom is 0.336 e. The van der Waals surface area contributed by atoms with Gasteiger partial charge in [0.1, 0.15) is 5.82 Å². The summed E-state index contributed by atoms with van der Waals surface area (Å²) in [7, 11) is 0. The summed E-state index contributed by atoms with van der Waals surface area (Å²) in [5, 5.41) is 12.7. The Morgan fingerprint density at radius 2 is 1.81 bits per heavy atom. The number of carboxylic acid groups (broad SMARTS) is 1. The van der Waals surface area contributed by atoms with Crippen LogP contribution in [0.4, 0.5) is 10.1 Å². The SMILES string of the molecule is Cc1c(NC2CC(C)N(Cc3ccccc3)C(C)C2)cc(F)cc1C(=O)O. The highest BCUT2D eigenvalue weighted by Crippen LogP contribution is 2.29. The minimum absolute atomic E-state index is 0.0140. The van der Waals surface area contributed by atoms with Crippen molar-refractivity contribution in [2.75, 3.05) is 5.32 Å². The highest BCUT2D eigenvalue weighted by atomic mass is 19.1. The first-order valence-electron chi connectivity index (χ1n) is 9.44. The second-order valence-electron chi connectivity index (χ2n) is 7.60. The van der Waals surface area contributed by atoms with E-state index in [1.807, 2.05) is 6.07 Å². The second-order valence-corrected chi connectivity index (χ2v) is 7.60. The molecule has 0 aromatic heterocycles. The average Bonchev–Trinajstić information content (AvgIpc) is 2.61. The maximum atomic E-state index is 13.9. The number of carboxylic acids is 1. The van der Waals surface area contributed by atoms with E-state index in [-0.39, 0.29) is 11.6 Å². The fraction of sp³-hybridized carbons (Fsp3) is 0.409. The van der Waals surface area contributed by atoms with Crippen molar-refractivity contribution in [3.63, 3.8) is 0 Å². The Labute approximate surface area is 160 Å². The molecule has 2 atom stereocenters. The van der Waals surface area contributed by atoms with Gasteiger partial charge in [-0.2, -0.15) is 0 Å². The Bertz CT molecular complexity index is 797. The number of piperidine rings is 1. The van der Waals surface area contributed by atoms with E-state index >= 15 is 0 Å². The molecule has 0 bridgehead atoms. The van der Waals surface area contributed by atoms with Crippen molar-refractivity contribution in [2.24, 2.45) is 0 Å². The van der Waals surface area contributed by atoms with Crippen LogP contribution >= 0.6 is 0 Å². The molecule has 0 aliphatic carbocycles. The minimum Gasteiger partial charge on any atom is -0.478 e. The summed E-state index contributed by atoms with van der Waals surface area (Å²) in [6, 6.07) is 13.9. The van der Waals surface area contributed by atoms with Crippen LogP contribution < -0.4 is 5.32 Å². The number of hydrogen-bond donors (Lipinski definition) is 2. The van der Waals surface area contributed by atoms with Crippen molar-refractivity contribution >= 4 is 11.7 Å². The van der Waals surface area contributed by atoms with E-state index in [4.69, 9.17) is 0 Å². The number of likely N-dealkylation sites (tertiary alicyclic amines) is 1. The fourth-order valence-corrected chi connectivity index (χ4v) is 4.12. The van der Waals surface area contributed by atoms with Gasteiger partial charge in [0.25, 0.3) is 0 Å². The highest BCUT2D eigenvalue weighted by molar-refractivity contribution is 5.91. The van der Waals surface area contributed by atoms with Crippen LogP contribution in [0.2, 0.25) is 0 Å².